The van der Waals surface area contributed by atoms with Crippen molar-refractivity contribution < 1.29 is 9.47 Å². The molecule has 2 rings (SSSR count). The van der Waals surface area contributed by atoms with Gasteiger partial charge in [0.05, 0.1) is 0 Å². The van der Waals surface area contributed by atoms with Crippen molar-refractivity contribution in [1.29, 1.82) is 0 Å². The third-order valence-corrected chi connectivity index (χ3v) is 3.94. The summed E-state index contributed by atoms with van der Waals surface area (Å²) in [6, 6.07) is 8.66. The minimum absolute atomic E-state index is 0.595. The number of ether oxygens (including phenoxy) is 2. The van der Waals surface area contributed by atoms with Gasteiger partial charge in [0, 0.05) is 20.6 Å². The summed E-state index contributed by atoms with van der Waals surface area (Å²) in [5, 5.41) is 0. The Morgan fingerprint density at radius 3 is 2.50 bits per heavy atom. The summed E-state index contributed by atoms with van der Waals surface area (Å²) in [5.41, 5.74) is 4.02. The Kier molecular flexibility index (Phi) is 5.16. The molecule has 0 unspecified atom stereocenters. The van der Waals surface area contributed by atoms with Crippen LogP contribution in [-0.4, -0.2) is 20.0 Å². The number of unbranched alkanes of at least 4 members (excludes halogenated alkanes) is 1. The maximum Gasteiger partial charge on any atom is 0.190 e. The zero-order valence-electron chi connectivity index (χ0n) is 12.7. The number of allylic oxidation sites excluding steroid dienone is 2. The van der Waals surface area contributed by atoms with Crippen LogP contribution in [0.5, 0.6) is 0 Å². The predicted molar refractivity (Wildman–Crippen MR) is 83.5 cm³/mol. The number of hydrogen-bond acceptors (Lipinski definition) is 2. The standard InChI is InChI=1S/C18H24O2/c1-4-5-8-15-9-6-7-10-17(15)16-11-13-18(19-2,20-3)14-12-16/h6-7,9-13H,4-5,8,14H2,1-3H3. The molecule has 1 aromatic carbocycles. The van der Waals surface area contributed by atoms with Crippen LogP contribution < -0.4 is 0 Å². The summed E-state index contributed by atoms with van der Waals surface area (Å²) in [6.45, 7) is 2.23. The molecule has 0 aliphatic heterocycles. The fourth-order valence-corrected chi connectivity index (χ4v) is 2.58. The zero-order valence-corrected chi connectivity index (χ0v) is 12.7. The van der Waals surface area contributed by atoms with E-state index < -0.39 is 5.79 Å². The average molecular weight is 272 g/mol. The zero-order chi connectivity index (χ0) is 14.4. The van der Waals surface area contributed by atoms with E-state index in [1.54, 1.807) is 14.2 Å². The normalized spacial score (nSPS) is 17.1. The van der Waals surface area contributed by atoms with Crippen molar-refractivity contribution in [2.45, 2.75) is 38.4 Å². The maximum absolute atomic E-state index is 5.45. The number of methoxy groups -OCH3 is 2. The molecular formula is C18H24O2. The third-order valence-electron chi connectivity index (χ3n) is 3.94. The Balaban J connectivity index is 2.22. The lowest BCUT2D eigenvalue weighted by molar-refractivity contribution is -0.167. The fraction of sp³-hybridized carbons (Fsp3) is 0.444. The quantitative estimate of drug-likeness (QED) is 0.716. The van der Waals surface area contributed by atoms with E-state index in [0.717, 1.165) is 12.8 Å². The highest BCUT2D eigenvalue weighted by atomic mass is 16.7. The average Bonchev–Trinajstić information content (AvgIpc) is 2.53. The van der Waals surface area contributed by atoms with Gasteiger partial charge in [0.15, 0.2) is 5.79 Å². The van der Waals surface area contributed by atoms with Crippen molar-refractivity contribution in [3.05, 3.63) is 53.6 Å². The van der Waals surface area contributed by atoms with Crippen molar-refractivity contribution in [1.82, 2.24) is 0 Å². The van der Waals surface area contributed by atoms with Gasteiger partial charge in [-0.2, -0.15) is 0 Å². The minimum atomic E-state index is -0.595. The molecule has 0 radical (unpaired) electrons. The molecule has 0 saturated carbocycles. The Morgan fingerprint density at radius 1 is 1.15 bits per heavy atom. The summed E-state index contributed by atoms with van der Waals surface area (Å²) in [7, 11) is 3.36. The van der Waals surface area contributed by atoms with Crippen molar-refractivity contribution in [2.24, 2.45) is 0 Å². The number of aryl methyl sites for hydroxylation is 1. The fourth-order valence-electron chi connectivity index (χ4n) is 2.58. The smallest absolute Gasteiger partial charge is 0.190 e. The van der Waals surface area contributed by atoms with E-state index in [2.05, 4.69) is 43.3 Å². The Hall–Kier alpha value is -1.38. The molecule has 2 heteroatoms. The van der Waals surface area contributed by atoms with E-state index >= 15 is 0 Å². The summed E-state index contributed by atoms with van der Waals surface area (Å²) in [4.78, 5) is 0. The Bertz CT molecular complexity index is 496. The van der Waals surface area contributed by atoms with Gasteiger partial charge in [0.1, 0.15) is 0 Å². The highest BCUT2D eigenvalue weighted by molar-refractivity contribution is 5.77. The summed E-state index contributed by atoms with van der Waals surface area (Å²) in [6.07, 6.45) is 10.7. The van der Waals surface area contributed by atoms with Gasteiger partial charge < -0.3 is 9.47 Å². The topological polar surface area (TPSA) is 18.5 Å². The first-order valence-corrected chi connectivity index (χ1v) is 7.32. The second-order valence-corrected chi connectivity index (χ2v) is 5.18. The van der Waals surface area contributed by atoms with Crippen LogP contribution in [0.3, 0.4) is 0 Å². The summed E-state index contributed by atoms with van der Waals surface area (Å²) >= 11 is 0. The molecule has 0 atom stereocenters. The molecule has 20 heavy (non-hydrogen) atoms. The molecule has 0 N–H and O–H groups in total. The molecule has 0 amide bonds. The van der Waals surface area contributed by atoms with Crippen LogP contribution in [0.1, 0.15) is 37.3 Å². The van der Waals surface area contributed by atoms with Gasteiger partial charge in [0.2, 0.25) is 0 Å². The van der Waals surface area contributed by atoms with Crippen molar-refractivity contribution >= 4 is 5.57 Å². The number of hydrogen-bond donors (Lipinski definition) is 0. The second-order valence-electron chi connectivity index (χ2n) is 5.18. The lowest BCUT2D eigenvalue weighted by atomic mass is 9.91. The third kappa shape index (κ3) is 3.20. The van der Waals surface area contributed by atoms with Crippen LogP contribution in [0.15, 0.2) is 42.5 Å². The molecule has 0 fully saturated rings. The summed E-state index contributed by atoms with van der Waals surface area (Å²) < 4.78 is 10.9. The number of rotatable bonds is 6. The lowest BCUT2D eigenvalue weighted by Crippen LogP contribution is -2.31. The first kappa shape index (κ1) is 15.0. The van der Waals surface area contributed by atoms with Gasteiger partial charge in [-0.1, -0.05) is 49.8 Å². The Morgan fingerprint density at radius 2 is 1.90 bits per heavy atom. The van der Waals surface area contributed by atoms with E-state index in [4.69, 9.17) is 9.47 Å². The van der Waals surface area contributed by atoms with Crippen molar-refractivity contribution in [3.63, 3.8) is 0 Å². The van der Waals surface area contributed by atoms with E-state index in [-0.39, 0.29) is 0 Å². The molecule has 1 aliphatic rings. The minimum Gasteiger partial charge on any atom is -0.349 e. The lowest BCUT2D eigenvalue weighted by Gasteiger charge is -2.29. The van der Waals surface area contributed by atoms with Crippen LogP contribution in [0.4, 0.5) is 0 Å². The van der Waals surface area contributed by atoms with Gasteiger partial charge in [0.25, 0.3) is 0 Å². The summed E-state index contributed by atoms with van der Waals surface area (Å²) in [5.74, 6) is -0.595. The van der Waals surface area contributed by atoms with Crippen LogP contribution >= 0.6 is 0 Å². The maximum atomic E-state index is 5.45. The molecule has 1 aromatic rings. The van der Waals surface area contributed by atoms with Crippen LogP contribution in [0.25, 0.3) is 5.57 Å². The predicted octanol–water partition coefficient (Wildman–Crippen LogP) is 4.36. The van der Waals surface area contributed by atoms with Gasteiger partial charge in [-0.25, -0.2) is 0 Å². The highest BCUT2D eigenvalue weighted by Crippen LogP contribution is 2.31. The molecular weight excluding hydrogens is 248 g/mol. The number of benzene rings is 1. The first-order chi connectivity index (χ1) is 9.74. The molecule has 0 bridgehead atoms. The SMILES string of the molecule is CCCCc1ccccc1C1=CCC(OC)(OC)C=C1. The highest BCUT2D eigenvalue weighted by Gasteiger charge is 2.27. The van der Waals surface area contributed by atoms with Crippen LogP contribution in [0, 0.1) is 0 Å². The van der Waals surface area contributed by atoms with Crippen molar-refractivity contribution in [2.75, 3.05) is 14.2 Å². The van der Waals surface area contributed by atoms with Crippen LogP contribution in [-0.2, 0) is 15.9 Å². The molecule has 0 aromatic heterocycles. The van der Waals surface area contributed by atoms with E-state index in [1.807, 2.05) is 6.08 Å². The molecule has 108 valence electrons. The molecule has 2 nitrogen and oxygen atoms in total. The molecule has 0 saturated heterocycles. The molecule has 0 spiro atoms. The second kappa shape index (κ2) is 6.87. The largest absolute Gasteiger partial charge is 0.349 e. The Labute approximate surface area is 122 Å². The van der Waals surface area contributed by atoms with E-state index in [9.17, 15) is 0 Å². The van der Waals surface area contributed by atoms with Crippen LogP contribution in [0.2, 0.25) is 0 Å². The monoisotopic (exact) mass is 272 g/mol. The van der Waals surface area contributed by atoms with E-state index in [0.29, 0.717) is 0 Å². The van der Waals surface area contributed by atoms with Gasteiger partial charge in [-0.15, -0.1) is 0 Å². The van der Waals surface area contributed by atoms with Crippen molar-refractivity contribution in [3.8, 4) is 0 Å². The molecule has 1 aliphatic carbocycles. The van der Waals surface area contributed by atoms with Gasteiger partial charge >= 0.3 is 0 Å². The first-order valence-electron chi connectivity index (χ1n) is 7.32. The van der Waals surface area contributed by atoms with Gasteiger partial charge in [-0.05, 0) is 35.6 Å². The molecule has 0 heterocycles. The van der Waals surface area contributed by atoms with Gasteiger partial charge in [-0.3, -0.25) is 0 Å². The van der Waals surface area contributed by atoms with E-state index in [1.165, 1.54) is 29.5 Å².